The molecule has 0 aliphatic rings. The van der Waals surface area contributed by atoms with E-state index in [1.165, 1.54) is 0 Å². The fourth-order valence-corrected chi connectivity index (χ4v) is 2.18. The molecule has 2 aromatic rings. The van der Waals surface area contributed by atoms with Gasteiger partial charge in [-0.1, -0.05) is 12.1 Å². The summed E-state index contributed by atoms with van der Waals surface area (Å²) in [5.74, 6) is 0.00764. The third-order valence-corrected chi connectivity index (χ3v) is 3.29. The molecule has 0 saturated carbocycles. The van der Waals surface area contributed by atoms with E-state index in [-0.39, 0.29) is 5.91 Å². The second-order valence-electron chi connectivity index (χ2n) is 4.76. The molecule has 2 rings (SSSR count). The highest BCUT2D eigenvalue weighted by molar-refractivity contribution is 5.94. The molecule has 1 amide bonds. The van der Waals surface area contributed by atoms with Crippen LogP contribution in [-0.2, 0) is 20.0 Å². The predicted molar refractivity (Wildman–Crippen MR) is 71.8 cm³/mol. The average Bonchev–Trinajstić information content (AvgIpc) is 2.95. The maximum atomic E-state index is 12.4. The van der Waals surface area contributed by atoms with Gasteiger partial charge < -0.3 is 14.0 Å². The Bertz CT molecular complexity index is 564. The Morgan fingerprint density at radius 2 is 2.26 bits per heavy atom. The summed E-state index contributed by atoms with van der Waals surface area (Å²) in [6.45, 7) is 4.47. The SMILES string of the molecule is CCc1nocc1CN(C)C(=O)c1c(C)ccn1C. The number of rotatable bonds is 4. The van der Waals surface area contributed by atoms with Gasteiger partial charge in [-0.2, -0.15) is 0 Å². The first-order valence-corrected chi connectivity index (χ1v) is 6.34. The number of aromatic nitrogens is 2. The highest BCUT2D eigenvalue weighted by atomic mass is 16.5. The van der Waals surface area contributed by atoms with E-state index in [1.54, 1.807) is 18.2 Å². The Morgan fingerprint density at radius 1 is 1.53 bits per heavy atom. The van der Waals surface area contributed by atoms with E-state index in [2.05, 4.69) is 5.16 Å². The number of amides is 1. The first kappa shape index (κ1) is 13.4. The largest absolute Gasteiger partial charge is 0.364 e. The first-order chi connectivity index (χ1) is 9.04. The van der Waals surface area contributed by atoms with Crippen LogP contribution < -0.4 is 0 Å². The second kappa shape index (κ2) is 5.30. The summed E-state index contributed by atoms with van der Waals surface area (Å²) >= 11 is 0. The fraction of sp³-hybridized carbons (Fsp3) is 0.429. The summed E-state index contributed by atoms with van der Waals surface area (Å²) in [6.07, 6.45) is 4.31. The molecule has 2 heterocycles. The van der Waals surface area contributed by atoms with Crippen molar-refractivity contribution in [3.05, 3.63) is 41.0 Å². The lowest BCUT2D eigenvalue weighted by Crippen LogP contribution is -2.28. The molecule has 0 bridgehead atoms. The number of hydrogen-bond acceptors (Lipinski definition) is 3. The molecular weight excluding hydrogens is 242 g/mol. The summed E-state index contributed by atoms with van der Waals surface area (Å²) in [5.41, 5.74) is 3.57. The molecule has 102 valence electrons. The molecule has 0 N–H and O–H groups in total. The second-order valence-corrected chi connectivity index (χ2v) is 4.76. The minimum atomic E-state index is 0.00764. The standard InChI is InChI=1S/C14H19N3O2/c1-5-12-11(9-19-15-12)8-17(4)14(18)13-10(2)6-7-16(13)3/h6-7,9H,5,8H2,1-4H3. The molecule has 0 aliphatic carbocycles. The van der Waals surface area contributed by atoms with Crippen LogP contribution in [0.5, 0.6) is 0 Å². The van der Waals surface area contributed by atoms with Gasteiger partial charge in [-0.25, -0.2) is 0 Å². The van der Waals surface area contributed by atoms with Crippen molar-refractivity contribution in [2.24, 2.45) is 7.05 Å². The Morgan fingerprint density at radius 3 is 2.84 bits per heavy atom. The van der Waals surface area contributed by atoms with Crippen LogP contribution in [0, 0.1) is 6.92 Å². The number of nitrogens with zero attached hydrogens (tertiary/aromatic N) is 3. The molecule has 0 fully saturated rings. The zero-order chi connectivity index (χ0) is 14.0. The fourth-order valence-electron chi connectivity index (χ4n) is 2.18. The predicted octanol–water partition coefficient (Wildman–Crippen LogP) is 2.16. The van der Waals surface area contributed by atoms with Crippen LogP contribution >= 0.6 is 0 Å². The van der Waals surface area contributed by atoms with Gasteiger partial charge in [0.15, 0.2) is 0 Å². The quantitative estimate of drug-likeness (QED) is 0.847. The lowest BCUT2D eigenvalue weighted by Gasteiger charge is -2.17. The van der Waals surface area contributed by atoms with Crippen molar-refractivity contribution >= 4 is 5.91 Å². The summed E-state index contributed by atoms with van der Waals surface area (Å²) in [4.78, 5) is 14.1. The highest BCUT2D eigenvalue weighted by Gasteiger charge is 2.19. The average molecular weight is 261 g/mol. The van der Waals surface area contributed by atoms with Crippen molar-refractivity contribution in [2.45, 2.75) is 26.8 Å². The monoisotopic (exact) mass is 261 g/mol. The van der Waals surface area contributed by atoms with E-state index in [0.717, 1.165) is 28.9 Å². The minimum Gasteiger partial charge on any atom is -0.364 e. The third-order valence-electron chi connectivity index (χ3n) is 3.29. The lowest BCUT2D eigenvalue weighted by atomic mass is 10.2. The molecule has 0 aromatic carbocycles. The molecule has 5 heteroatoms. The topological polar surface area (TPSA) is 51.3 Å². The molecular formula is C14H19N3O2. The number of carbonyl (C=O) groups is 1. The van der Waals surface area contributed by atoms with Crippen LogP contribution in [0.2, 0.25) is 0 Å². The third kappa shape index (κ3) is 2.54. The summed E-state index contributed by atoms with van der Waals surface area (Å²) < 4.78 is 6.81. The van der Waals surface area contributed by atoms with Crippen molar-refractivity contribution in [1.29, 1.82) is 0 Å². The maximum absolute atomic E-state index is 12.4. The molecule has 0 spiro atoms. The molecule has 19 heavy (non-hydrogen) atoms. The Balaban J connectivity index is 2.17. The van der Waals surface area contributed by atoms with Gasteiger partial charge in [0.2, 0.25) is 0 Å². The Kier molecular flexibility index (Phi) is 3.74. The maximum Gasteiger partial charge on any atom is 0.270 e. The summed E-state index contributed by atoms with van der Waals surface area (Å²) in [7, 11) is 3.67. The van der Waals surface area contributed by atoms with Crippen molar-refractivity contribution in [2.75, 3.05) is 7.05 Å². The van der Waals surface area contributed by atoms with Crippen molar-refractivity contribution in [3.63, 3.8) is 0 Å². The summed E-state index contributed by atoms with van der Waals surface area (Å²) in [6, 6.07) is 1.94. The minimum absolute atomic E-state index is 0.00764. The van der Waals surface area contributed by atoms with Gasteiger partial charge >= 0.3 is 0 Å². The van der Waals surface area contributed by atoms with Gasteiger partial charge in [0.1, 0.15) is 12.0 Å². The molecule has 0 saturated heterocycles. The van der Waals surface area contributed by atoms with Crippen LogP contribution in [0.15, 0.2) is 23.0 Å². The van der Waals surface area contributed by atoms with Crippen molar-refractivity contribution in [3.8, 4) is 0 Å². The highest BCUT2D eigenvalue weighted by Crippen LogP contribution is 2.15. The Labute approximate surface area is 112 Å². The normalized spacial score (nSPS) is 10.7. The van der Waals surface area contributed by atoms with Crippen LogP contribution in [0.4, 0.5) is 0 Å². The number of aryl methyl sites for hydroxylation is 3. The lowest BCUT2D eigenvalue weighted by molar-refractivity contribution is 0.0774. The smallest absolute Gasteiger partial charge is 0.270 e. The van der Waals surface area contributed by atoms with E-state index in [1.807, 2.05) is 37.7 Å². The zero-order valence-electron chi connectivity index (χ0n) is 11.8. The van der Waals surface area contributed by atoms with Crippen molar-refractivity contribution < 1.29 is 9.32 Å². The zero-order valence-corrected chi connectivity index (χ0v) is 11.8. The van der Waals surface area contributed by atoms with Gasteiger partial charge in [-0.3, -0.25) is 4.79 Å². The van der Waals surface area contributed by atoms with Crippen LogP contribution in [0.25, 0.3) is 0 Å². The molecule has 0 radical (unpaired) electrons. The Hall–Kier alpha value is -2.04. The van der Waals surface area contributed by atoms with E-state index >= 15 is 0 Å². The van der Waals surface area contributed by atoms with Gasteiger partial charge in [0, 0.05) is 25.9 Å². The van der Waals surface area contributed by atoms with Gasteiger partial charge in [0.05, 0.1) is 12.2 Å². The van der Waals surface area contributed by atoms with Gasteiger partial charge in [0.25, 0.3) is 5.91 Å². The molecule has 2 aromatic heterocycles. The van der Waals surface area contributed by atoms with E-state index in [0.29, 0.717) is 6.54 Å². The van der Waals surface area contributed by atoms with E-state index in [9.17, 15) is 4.79 Å². The molecule has 0 atom stereocenters. The van der Waals surface area contributed by atoms with Crippen LogP contribution in [0.3, 0.4) is 0 Å². The molecule has 0 aliphatic heterocycles. The number of hydrogen-bond donors (Lipinski definition) is 0. The first-order valence-electron chi connectivity index (χ1n) is 6.34. The molecule has 5 nitrogen and oxygen atoms in total. The molecule has 0 unspecified atom stereocenters. The van der Waals surface area contributed by atoms with Crippen LogP contribution in [0.1, 0.15) is 34.2 Å². The number of carbonyl (C=O) groups excluding carboxylic acids is 1. The van der Waals surface area contributed by atoms with Crippen LogP contribution in [-0.4, -0.2) is 27.6 Å². The van der Waals surface area contributed by atoms with E-state index < -0.39 is 0 Å². The van der Waals surface area contributed by atoms with Crippen molar-refractivity contribution in [1.82, 2.24) is 14.6 Å². The van der Waals surface area contributed by atoms with E-state index in [4.69, 9.17) is 4.52 Å². The summed E-state index contributed by atoms with van der Waals surface area (Å²) in [5, 5.41) is 3.93. The van der Waals surface area contributed by atoms with Gasteiger partial charge in [-0.15, -0.1) is 0 Å². The van der Waals surface area contributed by atoms with Gasteiger partial charge in [-0.05, 0) is 25.0 Å².